The van der Waals surface area contributed by atoms with Crippen molar-refractivity contribution in [3.63, 3.8) is 0 Å². The molecule has 2 heterocycles. The van der Waals surface area contributed by atoms with E-state index in [0.717, 1.165) is 28.8 Å². The third-order valence-corrected chi connectivity index (χ3v) is 4.21. The summed E-state index contributed by atoms with van der Waals surface area (Å²) in [5.41, 5.74) is 0.810. The Labute approximate surface area is 125 Å². The zero-order valence-corrected chi connectivity index (χ0v) is 12.4. The van der Waals surface area contributed by atoms with Gasteiger partial charge in [-0.2, -0.15) is 0 Å². The SMILES string of the molecule is Cc1nnc(N2CC(NC(=O)Cc3ccc(F)cc3)C2)s1. The molecule has 1 aromatic heterocycles. The number of halogens is 1. The number of rotatable bonds is 4. The topological polar surface area (TPSA) is 58.1 Å². The van der Waals surface area contributed by atoms with Crippen molar-refractivity contribution in [2.24, 2.45) is 0 Å². The molecule has 1 fully saturated rings. The van der Waals surface area contributed by atoms with Crippen LogP contribution in [-0.4, -0.2) is 35.2 Å². The molecule has 1 N–H and O–H groups in total. The summed E-state index contributed by atoms with van der Waals surface area (Å²) >= 11 is 1.55. The summed E-state index contributed by atoms with van der Waals surface area (Å²) in [5, 5.41) is 12.9. The molecule has 0 radical (unpaired) electrons. The summed E-state index contributed by atoms with van der Waals surface area (Å²) in [7, 11) is 0. The van der Waals surface area contributed by atoms with E-state index in [4.69, 9.17) is 0 Å². The lowest BCUT2D eigenvalue weighted by atomic mass is 10.1. The van der Waals surface area contributed by atoms with E-state index in [1.54, 1.807) is 23.5 Å². The van der Waals surface area contributed by atoms with Gasteiger partial charge >= 0.3 is 0 Å². The fourth-order valence-electron chi connectivity index (χ4n) is 2.21. The normalized spacial score (nSPS) is 14.9. The van der Waals surface area contributed by atoms with E-state index in [1.807, 2.05) is 6.92 Å². The van der Waals surface area contributed by atoms with Gasteiger partial charge in [-0.15, -0.1) is 10.2 Å². The van der Waals surface area contributed by atoms with Crippen molar-refractivity contribution in [3.8, 4) is 0 Å². The summed E-state index contributed by atoms with van der Waals surface area (Å²) in [4.78, 5) is 14.0. The Balaban J connectivity index is 1.46. The standard InChI is InChI=1S/C14H15FN4OS/c1-9-17-18-14(21-9)19-7-12(8-19)16-13(20)6-10-2-4-11(15)5-3-10/h2-5,12H,6-8H2,1H3,(H,16,20). The van der Waals surface area contributed by atoms with Gasteiger partial charge in [0.25, 0.3) is 0 Å². The number of nitrogens with one attached hydrogen (secondary N) is 1. The van der Waals surface area contributed by atoms with E-state index in [2.05, 4.69) is 20.4 Å². The highest BCUT2D eigenvalue weighted by atomic mass is 32.1. The van der Waals surface area contributed by atoms with Gasteiger partial charge in [0, 0.05) is 13.1 Å². The molecule has 1 aromatic carbocycles. The smallest absolute Gasteiger partial charge is 0.224 e. The molecule has 3 rings (SSSR count). The monoisotopic (exact) mass is 306 g/mol. The van der Waals surface area contributed by atoms with E-state index in [9.17, 15) is 9.18 Å². The summed E-state index contributed by atoms with van der Waals surface area (Å²) in [6.07, 6.45) is 0.273. The highest BCUT2D eigenvalue weighted by molar-refractivity contribution is 7.15. The molecule has 21 heavy (non-hydrogen) atoms. The number of carbonyl (C=O) groups excluding carboxylic acids is 1. The van der Waals surface area contributed by atoms with Gasteiger partial charge < -0.3 is 10.2 Å². The third-order valence-electron chi connectivity index (χ3n) is 3.31. The van der Waals surface area contributed by atoms with Crippen LogP contribution in [0, 0.1) is 12.7 Å². The van der Waals surface area contributed by atoms with Crippen molar-refractivity contribution < 1.29 is 9.18 Å². The molecule has 7 heteroatoms. The van der Waals surface area contributed by atoms with Gasteiger partial charge in [-0.1, -0.05) is 23.5 Å². The molecule has 0 unspecified atom stereocenters. The van der Waals surface area contributed by atoms with Crippen LogP contribution in [0.1, 0.15) is 10.6 Å². The molecule has 0 bridgehead atoms. The predicted molar refractivity (Wildman–Crippen MR) is 78.9 cm³/mol. The van der Waals surface area contributed by atoms with Crippen molar-refractivity contribution in [2.75, 3.05) is 18.0 Å². The first kappa shape index (κ1) is 13.9. The van der Waals surface area contributed by atoms with Gasteiger partial charge in [0.05, 0.1) is 12.5 Å². The van der Waals surface area contributed by atoms with Gasteiger partial charge in [0.15, 0.2) is 0 Å². The van der Waals surface area contributed by atoms with Crippen LogP contribution < -0.4 is 10.2 Å². The fraction of sp³-hybridized carbons (Fsp3) is 0.357. The molecular formula is C14H15FN4OS. The number of benzene rings is 1. The lowest BCUT2D eigenvalue weighted by molar-refractivity contribution is -0.121. The van der Waals surface area contributed by atoms with Crippen LogP contribution in [0.15, 0.2) is 24.3 Å². The van der Waals surface area contributed by atoms with Crippen LogP contribution in [0.4, 0.5) is 9.52 Å². The summed E-state index contributed by atoms with van der Waals surface area (Å²) in [5.74, 6) is -0.333. The second-order valence-corrected chi connectivity index (χ2v) is 6.24. The number of carbonyl (C=O) groups is 1. The number of anilines is 1. The van der Waals surface area contributed by atoms with Gasteiger partial charge in [-0.3, -0.25) is 4.79 Å². The molecule has 1 aliphatic rings. The zero-order valence-electron chi connectivity index (χ0n) is 11.5. The molecular weight excluding hydrogens is 291 g/mol. The van der Waals surface area contributed by atoms with E-state index < -0.39 is 0 Å². The van der Waals surface area contributed by atoms with Gasteiger partial charge in [0.1, 0.15) is 10.8 Å². The van der Waals surface area contributed by atoms with Crippen molar-refractivity contribution in [1.82, 2.24) is 15.5 Å². The van der Waals surface area contributed by atoms with Crippen molar-refractivity contribution in [2.45, 2.75) is 19.4 Å². The van der Waals surface area contributed by atoms with Gasteiger partial charge in [0.2, 0.25) is 11.0 Å². The molecule has 1 amide bonds. The average molecular weight is 306 g/mol. The number of hydrogen-bond acceptors (Lipinski definition) is 5. The fourth-order valence-corrected chi connectivity index (χ4v) is 2.91. The molecule has 1 saturated heterocycles. The van der Waals surface area contributed by atoms with Crippen LogP contribution in [0.5, 0.6) is 0 Å². The lowest BCUT2D eigenvalue weighted by Crippen LogP contribution is -2.59. The first-order valence-electron chi connectivity index (χ1n) is 6.69. The number of aromatic nitrogens is 2. The third kappa shape index (κ3) is 3.36. The molecule has 0 atom stereocenters. The minimum Gasteiger partial charge on any atom is -0.350 e. The zero-order chi connectivity index (χ0) is 14.8. The Bertz CT molecular complexity index is 637. The summed E-state index contributed by atoms with van der Waals surface area (Å²) in [6.45, 7) is 3.43. The Morgan fingerprint density at radius 1 is 1.38 bits per heavy atom. The Morgan fingerprint density at radius 2 is 2.10 bits per heavy atom. The second-order valence-electron chi connectivity index (χ2n) is 5.08. The summed E-state index contributed by atoms with van der Waals surface area (Å²) < 4.78 is 12.8. The lowest BCUT2D eigenvalue weighted by Gasteiger charge is -2.39. The van der Waals surface area contributed by atoms with Crippen molar-refractivity contribution >= 4 is 22.4 Å². The minimum atomic E-state index is -0.291. The van der Waals surface area contributed by atoms with Crippen LogP contribution in [-0.2, 0) is 11.2 Å². The van der Waals surface area contributed by atoms with Crippen LogP contribution in [0.2, 0.25) is 0 Å². The van der Waals surface area contributed by atoms with Crippen molar-refractivity contribution in [1.29, 1.82) is 0 Å². The maximum Gasteiger partial charge on any atom is 0.224 e. The van der Waals surface area contributed by atoms with E-state index >= 15 is 0 Å². The van der Waals surface area contributed by atoms with E-state index in [0.29, 0.717) is 0 Å². The first-order chi connectivity index (χ1) is 10.1. The number of hydrogen-bond donors (Lipinski definition) is 1. The molecule has 5 nitrogen and oxygen atoms in total. The number of nitrogens with zero attached hydrogens (tertiary/aromatic N) is 3. The maximum atomic E-state index is 12.8. The van der Waals surface area contributed by atoms with Crippen LogP contribution >= 0.6 is 11.3 Å². The van der Waals surface area contributed by atoms with E-state index in [-0.39, 0.29) is 24.2 Å². The number of amides is 1. The predicted octanol–water partition coefficient (Wildman–Crippen LogP) is 1.53. The van der Waals surface area contributed by atoms with Crippen molar-refractivity contribution in [3.05, 3.63) is 40.7 Å². The quantitative estimate of drug-likeness (QED) is 0.931. The van der Waals surface area contributed by atoms with Crippen LogP contribution in [0.25, 0.3) is 0 Å². The second kappa shape index (κ2) is 5.77. The minimum absolute atomic E-state index is 0.0419. The van der Waals surface area contributed by atoms with Gasteiger partial charge in [-0.25, -0.2) is 4.39 Å². The highest BCUT2D eigenvalue weighted by Gasteiger charge is 2.30. The van der Waals surface area contributed by atoms with Crippen LogP contribution in [0.3, 0.4) is 0 Å². The van der Waals surface area contributed by atoms with Gasteiger partial charge in [-0.05, 0) is 24.6 Å². The first-order valence-corrected chi connectivity index (χ1v) is 7.50. The molecule has 2 aromatic rings. The number of aryl methyl sites for hydroxylation is 1. The molecule has 1 aliphatic heterocycles. The molecule has 0 saturated carbocycles. The highest BCUT2D eigenvalue weighted by Crippen LogP contribution is 2.24. The average Bonchev–Trinajstić information content (AvgIpc) is 2.82. The largest absolute Gasteiger partial charge is 0.350 e. The Kier molecular flexibility index (Phi) is 3.83. The molecule has 0 aliphatic carbocycles. The Morgan fingerprint density at radius 3 is 2.71 bits per heavy atom. The Hall–Kier alpha value is -2.02. The van der Waals surface area contributed by atoms with E-state index in [1.165, 1.54) is 12.1 Å². The summed E-state index contributed by atoms with van der Waals surface area (Å²) in [6, 6.07) is 6.14. The molecule has 110 valence electrons. The maximum absolute atomic E-state index is 12.8. The molecule has 0 spiro atoms.